The van der Waals surface area contributed by atoms with E-state index in [4.69, 9.17) is 16.3 Å². The van der Waals surface area contributed by atoms with Gasteiger partial charge in [-0.05, 0) is 43.3 Å². The predicted molar refractivity (Wildman–Crippen MR) is 96.6 cm³/mol. The minimum atomic E-state index is -0.479. The van der Waals surface area contributed by atoms with E-state index in [1.165, 1.54) is 12.1 Å². The number of hydrogen-bond donors (Lipinski definition) is 2. The summed E-state index contributed by atoms with van der Waals surface area (Å²) in [5.41, 5.74) is 2.52. The number of hydrogen-bond acceptors (Lipinski definition) is 3. The zero-order chi connectivity index (χ0) is 17.3. The van der Waals surface area contributed by atoms with E-state index in [9.17, 15) is 9.18 Å². The van der Waals surface area contributed by atoms with E-state index in [1.54, 1.807) is 19.1 Å². The number of H-pyrrole nitrogens is 1. The lowest BCUT2D eigenvalue weighted by molar-refractivity contribution is 0.0520. The lowest BCUT2D eigenvalue weighted by Gasteiger charge is -2.09. The molecule has 0 spiro atoms. The molecule has 0 aliphatic carbocycles. The Morgan fingerprint density at radius 3 is 2.83 bits per heavy atom. The van der Waals surface area contributed by atoms with Crippen molar-refractivity contribution >= 4 is 55.8 Å². The van der Waals surface area contributed by atoms with E-state index in [0.29, 0.717) is 18.0 Å². The van der Waals surface area contributed by atoms with Crippen LogP contribution in [0.5, 0.6) is 0 Å². The van der Waals surface area contributed by atoms with Gasteiger partial charge in [-0.2, -0.15) is 0 Å². The highest BCUT2D eigenvalue weighted by atomic mass is 79.9. The topological polar surface area (TPSA) is 54.1 Å². The van der Waals surface area contributed by atoms with Crippen molar-refractivity contribution in [3.05, 3.63) is 57.4 Å². The van der Waals surface area contributed by atoms with Crippen molar-refractivity contribution in [2.75, 3.05) is 11.9 Å². The number of aromatic amines is 1. The molecule has 7 heteroatoms. The van der Waals surface area contributed by atoms with Gasteiger partial charge in [0.15, 0.2) is 0 Å². The number of anilines is 2. The quantitative estimate of drug-likeness (QED) is 0.546. The number of halogens is 3. The van der Waals surface area contributed by atoms with Crippen LogP contribution < -0.4 is 5.32 Å². The average molecular weight is 412 g/mol. The number of nitrogens with one attached hydrogen (secondary N) is 2. The Kier molecular flexibility index (Phi) is 4.78. The number of carbonyl (C=O) groups is 1. The second-order valence-electron chi connectivity index (χ2n) is 5.07. The third kappa shape index (κ3) is 3.39. The van der Waals surface area contributed by atoms with Crippen molar-refractivity contribution in [3.8, 4) is 0 Å². The molecule has 0 atom stereocenters. The molecule has 3 rings (SSSR count). The summed E-state index contributed by atoms with van der Waals surface area (Å²) >= 11 is 9.26. The number of benzene rings is 2. The second-order valence-corrected chi connectivity index (χ2v) is 6.39. The molecule has 4 nitrogen and oxygen atoms in total. The second kappa shape index (κ2) is 6.83. The summed E-state index contributed by atoms with van der Waals surface area (Å²) in [6.07, 6.45) is 0. The number of ether oxygens (including phenoxy) is 1. The first-order valence-corrected chi connectivity index (χ1v) is 8.36. The lowest BCUT2D eigenvalue weighted by atomic mass is 10.2. The average Bonchev–Trinajstić information content (AvgIpc) is 2.95. The summed E-state index contributed by atoms with van der Waals surface area (Å²) in [5, 5.41) is 4.03. The first-order chi connectivity index (χ1) is 11.5. The van der Waals surface area contributed by atoms with E-state index in [1.807, 2.05) is 12.1 Å². The molecule has 0 radical (unpaired) electrons. The molecule has 0 fully saturated rings. The lowest BCUT2D eigenvalue weighted by Crippen LogP contribution is -2.04. The fraction of sp³-hybridized carbons (Fsp3) is 0.118. The van der Waals surface area contributed by atoms with Gasteiger partial charge in [-0.3, -0.25) is 0 Å². The van der Waals surface area contributed by atoms with Crippen LogP contribution in [0.15, 0.2) is 40.9 Å². The molecule has 0 unspecified atom stereocenters. The van der Waals surface area contributed by atoms with Crippen LogP contribution in [0.2, 0.25) is 5.02 Å². The Hall–Kier alpha value is -2.05. The van der Waals surface area contributed by atoms with Gasteiger partial charge in [0.25, 0.3) is 0 Å². The number of rotatable bonds is 4. The minimum Gasteiger partial charge on any atom is -0.461 e. The summed E-state index contributed by atoms with van der Waals surface area (Å²) in [7, 11) is 0. The van der Waals surface area contributed by atoms with Gasteiger partial charge in [-0.25, -0.2) is 9.18 Å². The van der Waals surface area contributed by atoms with Gasteiger partial charge in [-0.1, -0.05) is 27.5 Å². The fourth-order valence-electron chi connectivity index (χ4n) is 2.35. The summed E-state index contributed by atoms with van der Waals surface area (Å²) < 4.78 is 19.1. The molecule has 2 N–H and O–H groups in total. The van der Waals surface area contributed by atoms with Gasteiger partial charge >= 0.3 is 5.97 Å². The molecular formula is C17H13BrClFN2O2. The number of aromatic nitrogens is 1. The Labute approximate surface area is 151 Å². The third-order valence-electron chi connectivity index (χ3n) is 3.40. The SMILES string of the molecule is CCOC(=O)c1cc2c(Nc3ccc(F)c(Cl)c3)cc(Br)cc2[nH]1. The molecule has 1 heterocycles. The standard InChI is InChI=1S/C17H13BrClFN2O2/c1-2-24-17(23)16-8-11-14(5-9(18)6-15(11)22-16)21-10-3-4-13(20)12(19)7-10/h3-8,21-22H,2H2,1H3. The first-order valence-electron chi connectivity index (χ1n) is 7.19. The molecule has 2 aromatic carbocycles. The Bertz CT molecular complexity index is 926. The highest BCUT2D eigenvalue weighted by Gasteiger charge is 2.14. The maximum Gasteiger partial charge on any atom is 0.354 e. The van der Waals surface area contributed by atoms with Crippen LogP contribution in [-0.4, -0.2) is 17.6 Å². The summed E-state index contributed by atoms with van der Waals surface area (Å²) in [4.78, 5) is 14.9. The Balaban J connectivity index is 2.03. The molecule has 0 amide bonds. The maximum absolute atomic E-state index is 13.3. The summed E-state index contributed by atoms with van der Waals surface area (Å²) in [6.45, 7) is 2.06. The maximum atomic E-state index is 13.3. The van der Waals surface area contributed by atoms with Crippen molar-refractivity contribution in [1.29, 1.82) is 0 Å². The summed E-state index contributed by atoms with van der Waals surface area (Å²) in [6, 6.07) is 9.83. The Morgan fingerprint density at radius 2 is 2.12 bits per heavy atom. The van der Waals surface area contributed by atoms with Crippen LogP contribution in [-0.2, 0) is 4.74 Å². The fourth-order valence-corrected chi connectivity index (χ4v) is 2.99. The number of carbonyl (C=O) groups excluding carboxylic acids is 1. The normalized spacial score (nSPS) is 10.8. The summed E-state index contributed by atoms with van der Waals surface area (Å²) in [5.74, 6) is -0.895. The molecule has 3 aromatic rings. The largest absolute Gasteiger partial charge is 0.461 e. The molecule has 0 bridgehead atoms. The van der Waals surface area contributed by atoms with Gasteiger partial charge in [0.1, 0.15) is 11.5 Å². The van der Waals surface area contributed by atoms with Crippen molar-refractivity contribution in [2.45, 2.75) is 6.92 Å². The smallest absolute Gasteiger partial charge is 0.354 e. The minimum absolute atomic E-state index is 0.0347. The van der Waals surface area contributed by atoms with Crippen LogP contribution in [0.4, 0.5) is 15.8 Å². The highest BCUT2D eigenvalue weighted by molar-refractivity contribution is 9.10. The van der Waals surface area contributed by atoms with Crippen LogP contribution in [0.25, 0.3) is 10.9 Å². The zero-order valence-electron chi connectivity index (χ0n) is 12.6. The molecule has 1 aromatic heterocycles. The van der Waals surface area contributed by atoms with Crippen LogP contribution in [0.1, 0.15) is 17.4 Å². The van der Waals surface area contributed by atoms with Crippen molar-refractivity contribution < 1.29 is 13.9 Å². The number of esters is 1. The van der Waals surface area contributed by atoms with Crippen molar-refractivity contribution in [1.82, 2.24) is 4.98 Å². The van der Waals surface area contributed by atoms with Gasteiger partial charge in [0.05, 0.1) is 11.6 Å². The van der Waals surface area contributed by atoms with Gasteiger partial charge < -0.3 is 15.0 Å². The van der Waals surface area contributed by atoms with Crippen LogP contribution in [0, 0.1) is 5.82 Å². The molecule has 0 saturated heterocycles. The van der Waals surface area contributed by atoms with Crippen LogP contribution >= 0.6 is 27.5 Å². The van der Waals surface area contributed by atoms with Crippen molar-refractivity contribution in [3.63, 3.8) is 0 Å². The molecule has 124 valence electrons. The molecular weight excluding hydrogens is 399 g/mol. The molecule has 0 saturated carbocycles. The number of fused-ring (bicyclic) bond motifs is 1. The zero-order valence-corrected chi connectivity index (χ0v) is 15.0. The first kappa shape index (κ1) is 16.8. The van der Waals surface area contributed by atoms with Crippen molar-refractivity contribution in [2.24, 2.45) is 0 Å². The molecule has 0 aliphatic heterocycles. The monoisotopic (exact) mass is 410 g/mol. The highest BCUT2D eigenvalue weighted by Crippen LogP contribution is 2.32. The van der Waals surface area contributed by atoms with E-state index in [0.717, 1.165) is 21.1 Å². The van der Waals surface area contributed by atoms with Gasteiger partial charge in [-0.15, -0.1) is 0 Å². The van der Waals surface area contributed by atoms with E-state index in [2.05, 4.69) is 26.2 Å². The predicted octanol–water partition coefficient (Wildman–Crippen LogP) is 5.64. The molecule has 0 aliphatic rings. The van der Waals surface area contributed by atoms with E-state index in [-0.39, 0.29) is 5.02 Å². The third-order valence-corrected chi connectivity index (χ3v) is 4.14. The van der Waals surface area contributed by atoms with Gasteiger partial charge in [0, 0.05) is 26.8 Å². The van der Waals surface area contributed by atoms with E-state index < -0.39 is 11.8 Å². The Morgan fingerprint density at radius 1 is 1.33 bits per heavy atom. The van der Waals surface area contributed by atoms with E-state index >= 15 is 0 Å². The molecule has 24 heavy (non-hydrogen) atoms. The van der Waals surface area contributed by atoms with Gasteiger partial charge in [0.2, 0.25) is 0 Å². The van der Waals surface area contributed by atoms with Crippen LogP contribution in [0.3, 0.4) is 0 Å².